The second kappa shape index (κ2) is 6.92. The number of carbonyl (C=O) groups is 1. The van der Waals surface area contributed by atoms with Crippen LogP contribution < -0.4 is 10.9 Å². The van der Waals surface area contributed by atoms with Crippen molar-refractivity contribution in [3.63, 3.8) is 0 Å². The molecule has 124 valence electrons. The van der Waals surface area contributed by atoms with Crippen molar-refractivity contribution in [1.29, 1.82) is 0 Å². The summed E-state index contributed by atoms with van der Waals surface area (Å²) in [6.45, 7) is 2.06. The number of amides is 1. The van der Waals surface area contributed by atoms with Gasteiger partial charge in [-0.2, -0.15) is 0 Å². The summed E-state index contributed by atoms with van der Waals surface area (Å²) in [7, 11) is 0. The van der Waals surface area contributed by atoms with E-state index in [1.807, 2.05) is 6.92 Å². The van der Waals surface area contributed by atoms with Crippen molar-refractivity contribution in [1.82, 2.24) is 15.3 Å². The van der Waals surface area contributed by atoms with Crippen molar-refractivity contribution in [3.05, 3.63) is 62.1 Å². The number of benzene rings is 1. The minimum absolute atomic E-state index is 0.124. The Labute approximate surface area is 141 Å². The molecule has 3 rings (SSSR count). The van der Waals surface area contributed by atoms with E-state index in [0.717, 1.165) is 16.0 Å². The van der Waals surface area contributed by atoms with Gasteiger partial charge in [0, 0.05) is 23.4 Å². The summed E-state index contributed by atoms with van der Waals surface area (Å²) < 4.78 is 13.2. The Hall–Kier alpha value is -2.54. The van der Waals surface area contributed by atoms with E-state index >= 15 is 0 Å². The topological polar surface area (TPSA) is 74.8 Å². The van der Waals surface area contributed by atoms with Crippen molar-refractivity contribution in [2.24, 2.45) is 0 Å². The van der Waals surface area contributed by atoms with Gasteiger partial charge in [0.05, 0.1) is 16.7 Å². The number of H-pyrrole nitrogens is 1. The summed E-state index contributed by atoms with van der Waals surface area (Å²) in [6, 6.07) is 5.87. The van der Waals surface area contributed by atoms with Crippen LogP contribution >= 0.6 is 11.3 Å². The van der Waals surface area contributed by atoms with E-state index in [4.69, 9.17) is 0 Å². The van der Waals surface area contributed by atoms with Crippen LogP contribution in [0.2, 0.25) is 0 Å². The zero-order valence-electron chi connectivity index (χ0n) is 13.1. The standard InChI is InChI=1S/C17H16FN3O2S/c1-10-15(24-9-20-10)4-5-16(22)19-8-12-6-11-2-3-13(18)7-14(11)21-17(12)23/h2-3,6-7,9H,4-5,8H2,1H3,(H,19,22)(H,21,23). The lowest BCUT2D eigenvalue weighted by molar-refractivity contribution is -0.121. The first kappa shape index (κ1) is 16.3. The predicted molar refractivity (Wildman–Crippen MR) is 91.5 cm³/mol. The van der Waals surface area contributed by atoms with Gasteiger partial charge in [0.25, 0.3) is 5.56 Å². The van der Waals surface area contributed by atoms with E-state index < -0.39 is 5.82 Å². The number of pyridine rings is 1. The van der Waals surface area contributed by atoms with E-state index in [1.54, 1.807) is 17.6 Å². The molecule has 2 aromatic heterocycles. The Morgan fingerprint density at radius 3 is 2.96 bits per heavy atom. The summed E-state index contributed by atoms with van der Waals surface area (Å²) in [5.74, 6) is -0.529. The molecule has 0 aliphatic carbocycles. The van der Waals surface area contributed by atoms with Crippen LogP contribution in [0.15, 0.2) is 34.6 Å². The molecule has 3 aromatic rings. The van der Waals surface area contributed by atoms with Crippen molar-refractivity contribution < 1.29 is 9.18 Å². The highest BCUT2D eigenvalue weighted by atomic mass is 32.1. The monoisotopic (exact) mass is 345 g/mol. The highest BCUT2D eigenvalue weighted by Crippen LogP contribution is 2.14. The number of carbonyl (C=O) groups excluding carboxylic acids is 1. The Bertz CT molecular complexity index is 948. The fourth-order valence-corrected chi connectivity index (χ4v) is 3.21. The van der Waals surface area contributed by atoms with Gasteiger partial charge in [0.15, 0.2) is 0 Å². The molecule has 1 aromatic carbocycles. The lowest BCUT2D eigenvalue weighted by Gasteiger charge is -2.06. The van der Waals surface area contributed by atoms with Crippen LogP contribution in [0, 0.1) is 12.7 Å². The molecule has 0 bridgehead atoms. The highest BCUT2D eigenvalue weighted by Gasteiger charge is 2.08. The molecule has 0 saturated carbocycles. The first-order valence-electron chi connectivity index (χ1n) is 7.50. The normalized spacial score (nSPS) is 10.9. The number of aromatic amines is 1. The number of hydrogen-bond donors (Lipinski definition) is 2. The number of aromatic nitrogens is 2. The number of hydrogen-bond acceptors (Lipinski definition) is 4. The maximum Gasteiger partial charge on any atom is 0.253 e. The average Bonchev–Trinajstić information content (AvgIpc) is 2.96. The van der Waals surface area contributed by atoms with E-state index in [2.05, 4.69) is 15.3 Å². The summed E-state index contributed by atoms with van der Waals surface area (Å²) in [5.41, 5.74) is 3.27. The third-order valence-electron chi connectivity index (χ3n) is 3.78. The summed E-state index contributed by atoms with van der Waals surface area (Å²) in [5, 5.41) is 3.47. The highest BCUT2D eigenvalue weighted by molar-refractivity contribution is 7.09. The van der Waals surface area contributed by atoms with Crippen LogP contribution in [0.3, 0.4) is 0 Å². The molecule has 1 amide bonds. The fraction of sp³-hybridized carbons (Fsp3) is 0.235. The van der Waals surface area contributed by atoms with Gasteiger partial charge in [0.2, 0.25) is 5.91 Å². The molecule has 0 spiro atoms. The predicted octanol–water partition coefficient (Wildman–Crippen LogP) is 2.68. The Balaban J connectivity index is 1.63. The van der Waals surface area contributed by atoms with Gasteiger partial charge in [-0.3, -0.25) is 9.59 Å². The zero-order valence-corrected chi connectivity index (χ0v) is 13.9. The second-order valence-corrected chi connectivity index (χ2v) is 6.43. The lowest BCUT2D eigenvalue weighted by Crippen LogP contribution is -2.26. The Morgan fingerprint density at radius 1 is 1.38 bits per heavy atom. The molecule has 0 saturated heterocycles. The molecule has 24 heavy (non-hydrogen) atoms. The minimum atomic E-state index is -0.405. The van der Waals surface area contributed by atoms with Crippen LogP contribution in [-0.2, 0) is 17.8 Å². The molecule has 0 aliphatic heterocycles. The van der Waals surface area contributed by atoms with E-state index in [-0.39, 0.29) is 18.0 Å². The first-order chi connectivity index (χ1) is 11.5. The minimum Gasteiger partial charge on any atom is -0.352 e. The maximum atomic E-state index is 13.2. The molecule has 0 radical (unpaired) electrons. The maximum absolute atomic E-state index is 13.2. The van der Waals surface area contributed by atoms with Crippen molar-refractivity contribution >= 4 is 28.1 Å². The molecular weight excluding hydrogens is 329 g/mol. The van der Waals surface area contributed by atoms with Gasteiger partial charge in [0.1, 0.15) is 5.82 Å². The lowest BCUT2D eigenvalue weighted by atomic mass is 10.1. The van der Waals surface area contributed by atoms with E-state index in [0.29, 0.717) is 23.9 Å². The fourth-order valence-electron chi connectivity index (χ4n) is 2.43. The molecule has 2 heterocycles. The van der Waals surface area contributed by atoms with Crippen LogP contribution in [-0.4, -0.2) is 15.9 Å². The average molecular weight is 345 g/mol. The quantitative estimate of drug-likeness (QED) is 0.746. The molecule has 0 fully saturated rings. The molecule has 7 heteroatoms. The summed E-state index contributed by atoms with van der Waals surface area (Å²) >= 11 is 1.53. The number of aryl methyl sites for hydroxylation is 2. The van der Waals surface area contributed by atoms with Crippen LogP contribution in [0.25, 0.3) is 10.9 Å². The van der Waals surface area contributed by atoms with Crippen molar-refractivity contribution in [2.45, 2.75) is 26.3 Å². The summed E-state index contributed by atoms with van der Waals surface area (Å²) in [6.07, 6.45) is 0.982. The SMILES string of the molecule is Cc1ncsc1CCC(=O)NCc1cc2ccc(F)cc2[nH]c1=O. The molecule has 0 unspecified atom stereocenters. The molecule has 0 atom stereocenters. The largest absolute Gasteiger partial charge is 0.352 e. The van der Waals surface area contributed by atoms with Crippen LogP contribution in [0.5, 0.6) is 0 Å². The second-order valence-electron chi connectivity index (χ2n) is 5.49. The third-order valence-corrected chi connectivity index (χ3v) is 4.78. The number of nitrogens with zero attached hydrogens (tertiary/aromatic N) is 1. The number of rotatable bonds is 5. The van der Waals surface area contributed by atoms with Gasteiger partial charge in [-0.05, 0) is 43.0 Å². The smallest absolute Gasteiger partial charge is 0.253 e. The molecule has 2 N–H and O–H groups in total. The van der Waals surface area contributed by atoms with Gasteiger partial charge < -0.3 is 10.3 Å². The van der Waals surface area contributed by atoms with E-state index in [1.165, 1.54) is 23.5 Å². The molecule has 5 nitrogen and oxygen atoms in total. The zero-order chi connectivity index (χ0) is 17.1. The number of thiazole rings is 1. The van der Waals surface area contributed by atoms with Crippen molar-refractivity contribution in [3.8, 4) is 0 Å². The Morgan fingerprint density at radius 2 is 2.21 bits per heavy atom. The van der Waals surface area contributed by atoms with Gasteiger partial charge in [-0.1, -0.05) is 0 Å². The Kier molecular flexibility index (Phi) is 4.71. The van der Waals surface area contributed by atoms with Crippen molar-refractivity contribution in [2.75, 3.05) is 0 Å². The third kappa shape index (κ3) is 3.68. The first-order valence-corrected chi connectivity index (χ1v) is 8.38. The van der Waals surface area contributed by atoms with Gasteiger partial charge in [-0.25, -0.2) is 9.37 Å². The van der Waals surface area contributed by atoms with Crippen LogP contribution in [0.1, 0.15) is 22.6 Å². The molecule has 0 aliphatic rings. The molecular formula is C17H16FN3O2S. The number of fused-ring (bicyclic) bond motifs is 1. The van der Waals surface area contributed by atoms with Gasteiger partial charge in [-0.15, -0.1) is 11.3 Å². The van der Waals surface area contributed by atoms with Gasteiger partial charge >= 0.3 is 0 Å². The van der Waals surface area contributed by atoms with E-state index in [9.17, 15) is 14.0 Å². The summed E-state index contributed by atoms with van der Waals surface area (Å²) in [4.78, 5) is 31.8. The van der Waals surface area contributed by atoms with Crippen LogP contribution in [0.4, 0.5) is 4.39 Å². The number of nitrogens with one attached hydrogen (secondary N) is 2. The number of halogens is 1.